The van der Waals surface area contributed by atoms with E-state index in [1.807, 2.05) is 63.5 Å². The van der Waals surface area contributed by atoms with Crippen LogP contribution in [0.3, 0.4) is 0 Å². The van der Waals surface area contributed by atoms with Crippen LogP contribution < -0.4 is 20.9 Å². The zero-order valence-corrected chi connectivity index (χ0v) is 31.1. The minimum absolute atomic E-state index is 0.455. The second kappa shape index (κ2) is 14.4. The molecule has 0 saturated heterocycles. The highest BCUT2D eigenvalue weighted by Crippen LogP contribution is 2.25. The maximum absolute atomic E-state index is 9.68. The summed E-state index contributed by atoms with van der Waals surface area (Å²) in [5.41, 5.74) is 2.57. The Hall–Kier alpha value is -0.746. The molecule has 6 N–H and O–H groups in total. The van der Waals surface area contributed by atoms with Crippen molar-refractivity contribution in [2.75, 3.05) is 0 Å². The molecule has 0 aliphatic heterocycles. The van der Waals surface area contributed by atoms with Crippen LogP contribution in [-0.4, -0.2) is 77.0 Å². The fourth-order valence-electron chi connectivity index (χ4n) is 5.06. The molecule has 0 atom stereocenters. The number of rotatable bonds is 16. The van der Waals surface area contributed by atoms with Gasteiger partial charge in [-0.2, -0.15) is 0 Å². The van der Waals surface area contributed by atoms with Crippen molar-refractivity contribution < 1.29 is 36.6 Å². The molecule has 0 aliphatic carbocycles. The topological polar surface area (TPSA) is 142 Å². The molecule has 0 aliphatic rings. The summed E-state index contributed by atoms with van der Waals surface area (Å²) in [6, 6.07) is 14.5. The molecular weight excluding hydrogens is 606 g/mol. The molecule has 10 nitrogen and oxygen atoms in total. The lowest BCUT2D eigenvalue weighted by molar-refractivity contribution is 0.295. The first-order valence-corrected chi connectivity index (χ1v) is 28.1. The van der Waals surface area contributed by atoms with E-state index in [9.17, 15) is 20.1 Å². The smallest absolute Gasteiger partial charge is 0.424 e. The summed E-state index contributed by atoms with van der Waals surface area (Å²) in [6.45, 7) is 21.3. The summed E-state index contributed by atoms with van der Waals surface area (Å²) in [6.07, 6.45) is 0. The van der Waals surface area contributed by atoms with Crippen molar-refractivity contribution in [3.8, 4) is 0 Å². The van der Waals surface area contributed by atoms with E-state index in [4.69, 9.17) is 16.5 Å². The van der Waals surface area contributed by atoms with Crippen molar-refractivity contribution in [3.05, 3.63) is 59.7 Å². The number of nitrogens with one attached hydrogen (secondary N) is 2. The first-order valence-electron chi connectivity index (χ1n) is 13.8. The first-order chi connectivity index (χ1) is 18.6. The van der Waals surface area contributed by atoms with Crippen molar-refractivity contribution in [2.24, 2.45) is 0 Å². The van der Waals surface area contributed by atoms with E-state index in [-0.39, 0.29) is 0 Å². The average Bonchev–Trinajstić information content (AvgIpc) is 2.78. The van der Waals surface area contributed by atoms with Gasteiger partial charge in [-0.25, -0.2) is 0 Å². The molecule has 0 amide bonds. The molecule has 0 fully saturated rings. The van der Waals surface area contributed by atoms with Gasteiger partial charge in [-0.05, 0) is 87.5 Å². The van der Waals surface area contributed by atoms with Crippen LogP contribution >= 0.6 is 0 Å². The van der Waals surface area contributed by atoms with Gasteiger partial charge in [0.15, 0.2) is 0 Å². The highest BCUT2D eigenvalue weighted by atomic mass is 28.5. The summed E-state index contributed by atoms with van der Waals surface area (Å²) in [5, 5.41) is 38.7. The van der Waals surface area contributed by atoms with Crippen LogP contribution in [0, 0.1) is 0 Å². The maximum Gasteiger partial charge on any atom is 0.488 e. The molecule has 0 unspecified atom stereocenters. The fourth-order valence-corrected chi connectivity index (χ4v) is 27.8. The monoisotopic (exact) mass is 654 g/mol. The minimum atomic E-state index is -2.67. The Bertz CT molecular complexity index is 1060. The molecule has 2 aromatic carbocycles. The molecule has 2 aromatic rings. The second-order valence-electron chi connectivity index (χ2n) is 12.5. The highest BCUT2D eigenvalue weighted by molar-refractivity contribution is 6.90. The van der Waals surface area contributed by atoms with E-state index < -0.39 is 56.9 Å². The third kappa shape index (κ3) is 12.8. The van der Waals surface area contributed by atoms with Gasteiger partial charge in [-0.1, -0.05) is 48.5 Å². The molecule has 41 heavy (non-hydrogen) atoms. The molecule has 2 rings (SSSR count). The third-order valence-corrected chi connectivity index (χ3v) is 24.0. The lowest BCUT2D eigenvalue weighted by atomic mass is 9.77. The van der Waals surface area contributed by atoms with E-state index in [2.05, 4.69) is 36.2 Å². The van der Waals surface area contributed by atoms with E-state index in [1.165, 1.54) is 0 Å². The van der Waals surface area contributed by atoms with E-state index in [0.29, 0.717) is 24.0 Å². The standard InChI is InChI=1S/C24H48B2N2O8Si5/c1-37(2,27-19-21-15-11-13-17-23(21)25(29)30)33-39(5,6)35-41(9,10)36-40(7,8)34-38(3,4)28-20-22-16-12-14-18-24(22)26(31)32/h11-18,27-32H,19-20H2,1-10H3. The number of hydrogen-bond donors (Lipinski definition) is 6. The van der Waals surface area contributed by atoms with Crippen LogP contribution in [0.2, 0.25) is 65.5 Å². The Morgan fingerprint density at radius 1 is 0.512 bits per heavy atom. The summed E-state index contributed by atoms with van der Waals surface area (Å²) < 4.78 is 26.5. The third-order valence-electron chi connectivity index (χ3n) is 6.06. The van der Waals surface area contributed by atoms with Gasteiger partial charge < -0.3 is 46.5 Å². The van der Waals surface area contributed by atoms with Crippen molar-refractivity contribution in [1.82, 2.24) is 9.96 Å². The molecule has 17 heteroatoms. The lowest BCUT2D eigenvalue weighted by Crippen LogP contribution is -2.62. The second-order valence-corrected chi connectivity index (χ2v) is 30.9. The molecule has 0 heterocycles. The Balaban J connectivity index is 1.99. The van der Waals surface area contributed by atoms with Crippen LogP contribution in [0.25, 0.3) is 0 Å². The van der Waals surface area contributed by atoms with Gasteiger partial charge in [0.25, 0.3) is 17.0 Å². The van der Waals surface area contributed by atoms with Gasteiger partial charge >= 0.3 is 39.9 Å². The Labute approximate surface area is 251 Å². The van der Waals surface area contributed by atoms with Gasteiger partial charge in [0.1, 0.15) is 0 Å². The average molecular weight is 655 g/mol. The van der Waals surface area contributed by atoms with Gasteiger partial charge in [0.2, 0.25) is 0 Å². The van der Waals surface area contributed by atoms with Crippen LogP contribution in [-0.2, 0) is 29.6 Å². The summed E-state index contributed by atoms with van der Waals surface area (Å²) >= 11 is 0. The molecule has 0 aromatic heterocycles. The molecule has 228 valence electrons. The quantitative estimate of drug-likeness (QED) is 0.148. The highest BCUT2D eigenvalue weighted by Gasteiger charge is 2.46. The van der Waals surface area contributed by atoms with Gasteiger partial charge in [0, 0.05) is 13.1 Å². The zero-order chi connectivity index (χ0) is 31.3. The Kier molecular flexibility index (Phi) is 12.8. The fraction of sp³-hybridized carbons (Fsp3) is 0.500. The first kappa shape index (κ1) is 36.4. The molecule has 0 saturated carbocycles. The van der Waals surface area contributed by atoms with Crippen LogP contribution in [0.5, 0.6) is 0 Å². The lowest BCUT2D eigenvalue weighted by Gasteiger charge is -2.42. The van der Waals surface area contributed by atoms with Crippen molar-refractivity contribution >= 4 is 67.8 Å². The van der Waals surface area contributed by atoms with Crippen molar-refractivity contribution in [3.63, 3.8) is 0 Å². The SMILES string of the molecule is C[Si](C)(NCc1ccccc1B(O)O)O[Si](C)(C)O[Si](C)(C)O[Si](C)(C)O[Si](C)(C)NCc1ccccc1B(O)O. The van der Waals surface area contributed by atoms with Gasteiger partial charge in [-0.15, -0.1) is 0 Å². The van der Waals surface area contributed by atoms with E-state index in [1.54, 1.807) is 24.3 Å². The molecule has 0 bridgehead atoms. The summed E-state index contributed by atoms with van der Waals surface area (Å²) in [4.78, 5) is 7.01. The van der Waals surface area contributed by atoms with Crippen LogP contribution in [0.1, 0.15) is 11.1 Å². The normalized spacial score (nSPS) is 13.4. The minimum Gasteiger partial charge on any atom is -0.424 e. The van der Waals surface area contributed by atoms with Gasteiger partial charge in [0.05, 0.1) is 0 Å². The van der Waals surface area contributed by atoms with Gasteiger partial charge in [-0.3, -0.25) is 0 Å². The Morgan fingerprint density at radius 2 is 0.805 bits per heavy atom. The van der Waals surface area contributed by atoms with Crippen molar-refractivity contribution in [2.45, 2.75) is 78.6 Å². The van der Waals surface area contributed by atoms with Crippen molar-refractivity contribution in [1.29, 1.82) is 0 Å². The largest absolute Gasteiger partial charge is 0.488 e. The number of hydrogen-bond acceptors (Lipinski definition) is 10. The molecular formula is C24H48B2N2O8Si5. The maximum atomic E-state index is 9.68. The zero-order valence-electron chi connectivity index (χ0n) is 26.1. The van der Waals surface area contributed by atoms with E-state index >= 15 is 0 Å². The molecule has 0 spiro atoms. The van der Waals surface area contributed by atoms with Crippen LogP contribution in [0.15, 0.2) is 48.5 Å². The predicted molar refractivity (Wildman–Crippen MR) is 178 cm³/mol. The van der Waals surface area contributed by atoms with E-state index in [0.717, 1.165) is 11.1 Å². The van der Waals surface area contributed by atoms with Crippen LogP contribution in [0.4, 0.5) is 0 Å². The predicted octanol–water partition coefficient (Wildman–Crippen LogP) is 1.50. The molecule has 0 radical (unpaired) electrons. The number of benzene rings is 2. The summed E-state index contributed by atoms with van der Waals surface area (Å²) in [7, 11) is -15.8. The Morgan fingerprint density at radius 3 is 1.12 bits per heavy atom. The summed E-state index contributed by atoms with van der Waals surface area (Å²) in [5.74, 6) is 0.